The van der Waals surface area contributed by atoms with Gasteiger partial charge in [-0.1, -0.05) is 6.92 Å². The second-order valence-corrected chi connectivity index (χ2v) is 7.23. The Morgan fingerprint density at radius 1 is 1.29 bits per heavy atom. The summed E-state index contributed by atoms with van der Waals surface area (Å²) in [6.45, 7) is 3.86. The number of fused-ring (bicyclic) bond motifs is 1. The van der Waals surface area contributed by atoms with Crippen LogP contribution in [0.25, 0.3) is 10.2 Å². The molecule has 0 fully saturated rings. The van der Waals surface area contributed by atoms with Crippen LogP contribution in [0.15, 0.2) is 23.0 Å². The van der Waals surface area contributed by atoms with Gasteiger partial charge >= 0.3 is 0 Å². The number of amides is 1. The van der Waals surface area contributed by atoms with Gasteiger partial charge in [0.2, 0.25) is 5.91 Å². The summed E-state index contributed by atoms with van der Waals surface area (Å²) < 4.78 is 12.5. The first-order chi connectivity index (χ1) is 13.5. The first kappa shape index (κ1) is 19.8. The normalized spacial score (nSPS) is 10.9. The quantitative estimate of drug-likeness (QED) is 0.650. The largest absolute Gasteiger partial charge is 0.497 e. The Bertz CT molecular complexity index is 1070. The molecule has 2 aromatic heterocycles. The van der Waals surface area contributed by atoms with Gasteiger partial charge in [-0.3, -0.25) is 9.59 Å². The molecule has 1 aromatic carbocycles. The summed E-state index contributed by atoms with van der Waals surface area (Å²) in [6.07, 6.45) is 0.751. The minimum absolute atomic E-state index is 0.180. The van der Waals surface area contributed by atoms with Gasteiger partial charge in [-0.05, 0) is 31.5 Å². The molecule has 8 nitrogen and oxygen atoms in total. The minimum atomic E-state index is -0.356. The Labute approximate surface area is 166 Å². The average Bonchev–Trinajstić information content (AvgIpc) is 3.15. The van der Waals surface area contributed by atoms with Gasteiger partial charge < -0.3 is 14.8 Å². The Morgan fingerprint density at radius 2 is 2.07 bits per heavy atom. The number of carbonyl (C=O) groups excluding carboxylic acids is 1. The van der Waals surface area contributed by atoms with Gasteiger partial charge in [0.25, 0.3) is 5.56 Å². The monoisotopic (exact) mass is 402 g/mol. The van der Waals surface area contributed by atoms with Crippen molar-refractivity contribution < 1.29 is 14.3 Å². The first-order valence-corrected chi connectivity index (χ1v) is 9.63. The van der Waals surface area contributed by atoms with E-state index in [1.165, 1.54) is 11.3 Å². The van der Waals surface area contributed by atoms with Gasteiger partial charge in [0, 0.05) is 12.1 Å². The van der Waals surface area contributed by atoms with Crippen molar-refractivity contribution in [3.05, 3.63) is 44.8 Å². The molecule has 0 aliphatic rings. The van der Waals surface area contributed by atoms with E-state index in [9.17, 15) is 9.59 Å². The molecule has 1 amide bonds. The molecule has 1 N–H and O–H groups in total. The Balaban J connectivity index is 1.77. The molecule has 28 heavy (non-hydrogen) atoms. The summed E-state index contributed by atoms with van der Waals surface area (Å²) in [4.78, 5) is 29.4. The van der Waals surface area contributed by atoms with Gasteiger partial charge in [-0.25, -0.2) is 9.67 Å². The Kier molecular flexibility index (Phi) is 5.93. The van der Waals surface area contributed by atoms with Crippen molar-refractivity contribution in [1.82, 2.24) is 20.1 Å². The topological polar surface area (TPSA) is 95.3 Å². The summed E-state index contributed by atoms with van der Waals surface area (Å²) in [5.41, 5.74) is 1.48. The van der Waals surface area contributed by atoms with E-state index in [4.69, 9.17) is 9.47 Å². The van der Waals surface area contributed by atoms with Crippen LogP contribution in [0.4, 0.5) is 0 Å². The van der Waals surface area contributed by atoms with Crippen LogP contribution in [0.1, 0.15) is 23.2 Å². The predicted octanol–water partition coefficient (Wildman–Crippen LogP) is 2.06. The third kappa shape index (κ3) is 3.99. The fourth-order valence-corrected chi connectivity index (χ4v) is 3.75. The summed E-state index contributed by atoms with van der Waals surface area (Å²) in [5.74, 6) is 0.978. The third-order valence-corrected chi connectivity index (χ3v) is 5.58. The molecule has 3 aromatic rings. The van der Waals surface area contributed by atoms with Crippen molar-refractivity contribution in [2.24, 2.45) is 0 Å². The fraction of sp³-hybridized carbons (Fsp3) is 0.368. The number of nitrogens with zero attached hydrogens (tertiary/aromatic N) is 3. The second-order valence-electron chi connectivity index (χ2n) is 6.14. The highest BCUT2D eigenvalue weighted by atomic mass is 32.1. The van der Waals surface area contributed by atoms with Gasteiger partial charge in [0.1, 0.15) is 18.0 Å². The molecule has 148 valence electrons. The van der Waals surface area contributed by atoms with E-state index in [1.807, 2.05) is 13.8 Å². The lowest BCUT2D eigenvalue weighted by molar-refractivity contribution is -0.122. The molecule has 0 radical (unpaired) electrons. The number of hydrogen-bond donors (Lipinski definition) is 1. The van der Waals surface area contributed by atoms with Crippen LogP contribution in [0, 0.1) is 6.92 Å². The van der Waals surface area contributed by atoms with Crippen LogP contribution in [-0.2, 0) is 24.3 Å². The second kappa shape index (κ2) is 8.39. The lowest BCUT2D eigenvalue weighted by Crippen LogP contribution is -2.34. The van der Waals surface area contributed by atoms with E-state index in [0.29, 0.717) is 22.7 Å². The van der Waals surface area contributed by atoms with Gasteiger partial charge in [0.05, 0.1) is 29.6 Å². The SMILES string of the molecule is CCc1nc2c(=O)n(CC(=O)NCc3cc(OC)ccc3OC)nc(C)c2s1. The number of aryl methyl sites for hydroxylation is 2. The molecule has 0 bridgehead atoms. The maximum atomic E-state index is 12.6. The molecule has 9 heteroatoms. The maximum Gasteiger partial charge on any atom is 0.294 e. The Morgan fingerprint density at radius 3 is 2.75 bits per heavy atom. The van der Waals surface area contributed by atoms with E-state index in [-0.39, 0.29) is 24.6 Å². The number of rotatable bonds is 7. The van der Waals surface area contributed by atoms with Crippen molar-refractivity contribution in [3.8, 4) is 11.5 Å². The third-order valence-electron chi connectivity index (χ3n) is 4.27. The number of nitrogens with one attached hydrogen (secondary N) is 1. The van der Waals surface area contributed by atoms with Gasteiger partial charge in [0.15, 0.2) is 5.52 Å². The molecule has 0 saturated heterocycles. The lowest BCUT2D eigenvalue weighted by Gasteiger charge is -2.12. The standard InChI is InChI=1S/C19H22N4O4S/c1-5-16-21-17-18(28-16)11(2)22-23(19(17)25)10-15(24)20-9-12-8-13(26-3)6-7-14(12)27-4/h6-8H,5,9-10H2,1-4H3,(H,20,24). The van der Waals surface area contributed by atoms with Crippen LogP contribution >= 0.6 is 11.3 Å². The molecule has 0 atom stereocenters. The van der Waals surface area contributed by atoms with E-state index in [2.05, 4.69) is 15.4 Å². The molecule has 0 saturated carbocycles. The number of methoxy groups -OCH3 is 2. The van der Waals surface area contributed by atoms with Crippen LogP contribution in [-0.4, -0.2) is 34.9 Å². The molecular weight excluding hydrogens is 380 g/mol. The van der Waals surface area contributed by atoms with Crippen molar-refractivity contribution in [2.45, 2.75) is 33.4 Å². The highest BCUT2D eigenvalue weighted by molar-refractivity contribution is 7.18. The average molecular weight is 402 g/mol. The fourth-order valence-electron chi connectivity index (χ4n) is 2.81. The lowest BCUT2D eigenvalue weighted by atomic mass is 10.2. The van der Waals surface area contributed by atoms with Crippen LogP contribution < -0.4 is 20.3 Å². The molecule has 0 spiro atoms. The summed E-state index contributed by atoms with van der Waals surface area (Å²) in [6, 6.07) is 5.35. The number of ether oxygens (including phenoxy) is 2. The number of hydrogen-bond acceptors (Lipinski definition) is 7. The number of carbonyl (C=O) groups is 1. The van der Waals surface area contributed by atoms with Crippen molar-refractivity contribution in [2.75, 3.05) is 14.2 Å². The van der Waals surface area contributed by atoms with E-state index in [0.717, 1.165) is 26.4 Å². The van der Waals surface area contributed by atoms with Gasteiger partial charge in [-0.15, -0.1) is 11.3 Å². The van der Waals surface area contributed by atoms with E-state index < -0.39 is 0 Å². The van der Waals surface area contributed by atoms with E-state index in [1.54, 1.807) is 32.4 Å². The number of aromatic nitrogens is 3. The van der Waals surface area contributed by atoms with Crippen molar-refractivity contribution in [1.29, 1.82) is 0 Å². The minimum Gasteiger partial charge on any atom is -0.497 e. The van der Waals surface area contributed by atoms with E-state index >= 15 is 0 Å². The van der Waals surface area contributed by atoms with Crippen molar-refractivity contribution in [3.63, 3.8) is 0 Å². The van der Waals surface area contributed by atoms with Crippen LogP contribution in [0.5, 0.6) is 11.5 Å². The molecule has 0 unspecified atom stereocenters. The van der Waals surface area contributed by atoms with Gasteiger partial charge in [-0.2, -0.15) is 5.10 Å². The number of thiazole rings is 1. The highest BCUT2D eigenvalue weighted by Crippen LogP contribution is 2.24. The summed E-state index contributed by atoms with van der Waals surface area (Å²) in [7, 11) is 3.14. The molecule has 0 aliphatic carbocycles. The first-order valence-electron chi connectivity index (χ1n) is 8.81. The molecular formula is C19H22N4O4S. The van der Waals surface area contributed by atoms with Crippen LogP contribution in [0.3, 0.4) is 0 Å². The summed E-state index contributed by atoms with van der Waals surface area (Å²) in [5, 5.41) is 7.95. The zero-order valence-electron chi connectivity index (χ0n) is 16.2. The van der Waals surface area contributed by atoms with Crippen molar-refractivity contribution >= 4 is 27.5 Å². The molecule has 0 aliphatic heterocycles. The highest BCUT2D eigenvalue weighted by Gasteiger charge is 2.15. The zero-order chi connectivity index (χ0) is 20.3. The Hall–Kier alpha value is -2.94. The maximum absolute atomic E-state index is 12.6. The zero-order valence-corrected chi connectivity index (χ0v) is 17.1. The molecule has 3 rings (SSSR count). The predicted molar refractivity (Wildman–Crippen MR) is 107 cm³/mol. The number of benzene rings is 1. The summed E-state index contributed by atoms with van der Waals surface area (Å²) >= 11 is 1.47. The molecule has 2 heterocycles. The van der Waals surface area contributed by atoms with Crippen LogP contribution in [0.2, 0.25) is 0 Å². The smallest absolute Gasteiger partial charge is 0.294 e.